The van der Waals surface area contributed by atoms with Crippen molar-refractivity contribution in [2.75, 3.05) is 33.4 Å². The fraction of sp³-hybridized carbons (Fsp3) is 0.538. The highest BCUT2D eigenvalue weighted by molar-refractivity contribution is 5.31. The summed E-state index contributed by atoms with van der Waals surface area (Å²) in [6.45, 7) is 5.62. The summed E-state index contributed by atoms with van der Waals surface area (Å²) in [5.41, 5.74) is 5.93. The van der Waals surface area contributed by atoms with Gasteiger partial charge in [0, 0.05) is 25.2 Å². The number of nitrogens with zero attached hydrogens (tertiary/aromatic N) is 1. The van der Waals surface area contributed by atoms with Crippen LogP contribution in [0, 0.1) is 0 Å². The van der Waals surface area contributed by atoms with E-state index in [0.717, 1.165) is 31.1 Å². The predicted octanol–water partition coefficient (Wildman–Crippen LogP) is 1.11. The normalized spacial score (nSPS) is 18.5. The van der Waals surface area contributed by atoms with Crippen molar-refractivity contribution >= 4 is 0 Å². The zero-order valence-electron chi connectivity index (χ0n) is 10.5. The van der Waals surface area contributed by atoms with E-state index in [-0.39, 0.29) is 5.54 Å². The van der Waals surface area contributed by atoms with Crippen LogP contribution in [0.5, 0.6) is 11.5 Å². The maximum absolute atomic E-state index is 5.93. The second-order valence-corrected chi connectivity index (χ2v) is 4.89. The van der Waals surface area contributed by atoms with Gasteiger partial charge in [-0.15, -0.1) is 0 Å². The van der Waals surface area contributed by atoms with E-state index in [0.29, 0.717) is 6.61 Å². The fourth-order valence-corrected chi connectivity index (χ4v) is 2.10. The third-order valence-corrected chi connectivity index (χ3v) is 2.91. The van der Waals surface area contributed by atoms with Crippen LogP contribution in [0.25, 0.3) is 0 Å². The summed E-state index contributed by atoms with van der Waals surface area (Å²) in [7, 11) is 1.66. The number of benzene rings is 1. The molecule has 0 bridgehead atoms. The fourth-order valence-electron chi connectivity index (χ4n) is 2.10. The Hall–Kier alpha value is -1.26. The molecular formula is C13H20N2O2. The second-order valence-electron chi connectivity index (χ2n) is 4.89. The van der Waals surface area contributed by atoms with Gasteiger partial charge in [0.1, 0.15) is 18.1 Å². The van der Waals surface area contributed by atoms with Gasteiger partial charge in [-0.3, -0.25) is 4.90 Å². The van der Waals surface area contributed by atoms with Crippen LogP contribution in [-0.4, -0.2) is 43.8 Å². The average molecular weight is 236 g/mol. The highest BCUT2D eigenvalue weighted by Gasteiger charge is 2.34. The Morgan fingerprint density at radius 3 is 2.35 bits per heavy atom. The summed E-state index contributed by atoms with van der Waals surface area (Å²) < 4.78 is 10.7. The van der Waals surface area contributed by atoms with E-state index in [1.54, 1.807) is 7.11 Å². The van der Waals surface area contributed by atoms with Crippen molar-refractivity contribution in [1.82, 2.24) is 4.90 Å². The maximum atomic E-state index is 5.93. The van der Waals surface area contributed by atoms with Crippen molar-refractivity contribution in [2.45, 2.75) is 12.5 Å². The molecule has 94 valence electrons. The predicted molar refractivity (Wildman–Crippen MR) is 67.5 cm³/mol. The number of hydrogen-bond acceptors (Lipinski definition) is 4. The van der Waals surface area contributed by atoms with E-state index in [1.807, 2.05) is 24.3 Å². The van der Waals surface area contributed by atoms with Crippen molar-refractivity contribution in [3.05, 3.63) is 24.3 Å². The van der Waals surface area contributed by atoms with Gasteiger partial charge in [-0.2, -0.15) is 0 Å². The standard InChI is InChI=1S/C13H20N2O2/c1-13(14)9-15(10-13)7-8-17-12-5-3-11(16-2)4-6-12/h3-6H,7-10,14H2,1-2H3. The van der Waals surface area contributed by atoms with E-state index in [4.69, 9.17) is 15.2 Å². The summed E-state index contributed by atoms with van der Waals surface area (Å²) >= 11 is 0. The Labute approximate surface area is 102 Å². The lowest BCUT2D eigenvalue weighted by Crippen LogP contribution is -2.65. The highest BCUT2D eigenvalue weighted by Crippen LogP contribution is 2.18. The molecule has 1 aromatic rings. The lowest BCUT2D eigenvalue weighted by atomic mass is 9.94. The molecule has 4 nitrogen and oxygen atoms in total. The smallest absolute Gasteiger partial charge is 0.119 e. The van der Waals surface area contributed by atoms with E-state index < -0.39 is 0 Å². The number of hydrogen-bond donors (Lipinski definition) is 1. The van der Waals surface area contributed by atoms with Crippen molar-refractivity contribution < 1.29 is 9.47 Å². The lowest BCUT2D eigenvalue weighted by Gasteiger charge is -2.45. The van der Waals surface area contributed by atoms with Crippen molar-refractivity contribution in [3.8, 4) is 11.5 Å². The van der Waals surface area contributed by atoms with Gasteiger partial charge in [-0.1, -0.05) is 0 Å². The molecule has 2 N–H and O–H groups in total. The SMILES string of the molecule is COc1ccc(OCCN2CC(C)(N)C2)cc1. The van der Waals surface area contributed by atoms with E-state index in [1.165, 1.54) is 0 Å². The van der Waals surface area contributed by atoms with Gasteiger partial charge in [0.2, 0.25) is 0 Å². The minimum Gasteiger partial charge on any atom is -0.497 e. The van der Waals surface area contributed by atoms with Gasteiger partial charge in [0.15, 0.2) is 0 Å². The van der Waals surface area contributed by atoms with Crippen molar-refractivity contribution in [2.24, 2.45) is 5.73 Å². The van der Waals surface area contributed by atoms with Gasteiger partial charge in [-0.05, 0) is 31.2 Å². The van der Waals surface area contributed by atoms with Gasteiger partial charge in [-0.25, -0.2) is 0 Å². The Bertz CT molecular complexity index is 354. The van der Waals surface area contributed by atoms with Crippen LogP contribution >= 0.6 is 0 Å². The molecule has 1 aliphatic heterocycles. The van der Waals surface area contributed by atoms with E-state index in [2.05, 4.69) is 11.8 Å². The van der Waals surface area contributed by atoms with Crippen LogP contribution in [0.15, 0.2) is 24.3 Å². The number of rotatable bonds is 5. The topological polar surface area (TPSA) is 47.7 Å². The number of ether oxygens (including phenoxy) is 2. The lowest BCUT2D eigenvalue weighted by molar-refractivity contribution is 0.0689. The van der Waals surface area contributed by atoms with Crippen LogP contribution in [-0.2, 0) is 0 Å². The second kappa shape index (κ2) is 4.94. The van der Waals surface area contributed by atoms with Crippen LogP contribution in [0.1, 0.15) is 6.92 Å². The molecule has 17 heavy (non-hydrogen) atoms. The maximum Gasteiger partial charge on any atom is 0.119 e. The largest absolute Gasteiger partial charge is 0.497 e. The minimum absolute atomic E-state index is 0.000112. The molecule has 0 amide bonds. The number of likely N-dealkylation sites (tertiary alicyclic amines) is 1. The minimum atomic E-state index is 0.000112. The Balaban J connectivity index is 1.68. The molecule has 0 aromatic heterocycles. The molecule has 0 unspecified atom stereocenters. The molecule has 0 saturated carbocycles. The summed E-state index contributed by atoms with van der Waals surface area (Å²) in [4.78, 5) is 2.30. The van der Waals surface area contributed by atoms with Crippen LogP contribution in [0.4, 0.5) is 0 Å². The first-order valence-electron chi connectivity index (χ1n) is 5.87. The molecule has 1 heterocycles. The Morgan fingerprint density at radius 1 is 1.24 bits per heavy atom. The first kappa shape index (κ1) is 12.2. The highest BCUT2D eigenvalue weighted by atomic mass is 16.5. The molecule has 0 atom stereocenters. The molecule has 0 aliphatic carbocycles. The molecule has 1 fully saturated rings. The first-order valence-corrected chi connectivity index (χ1v) is 5.87. The first-order chi connectivity index (χ1) is 8.09. The molecule has 1 aliphatic rings. The summed E-state index contributed by atoms with van der Waals surface area (Å²) in [6, 6.07) is 7.63. The molecule has 2 rings (SSSR count). The van der Waals surface area contributed by atoms with Gasteiger partial charge < -0.3 is 15.2 Å². The summed E-state index contributed by atoms with van der Waals surface area (Å²) in [5, 5.41) is 0. The van der Waals surface area contributed by atoms with Gasteiger partial charge >= 0.3 is 0 Å². The molecule has 1 aromatic carbocycles. The monoisotopic (exact) mass is 236 g/mol. The molecule has 1 saturated heterocycles. The third kappa shape index (κ3) is 3.35. The summed E-state index contributed by atoms with van der Waals surface area (Å²) in [5.74, 6) is 1.72. The van der Waals surface area contributed by atoms with Crippen LogP contribution < -0.4 is 15.2 Å². The van der Waals surface area contributed by atoms with Gasteiger partial charge in [0.05, 0.1) is 7.11 Å². The van der Waals surface area contributed by atoms with Crippen molar-refractivity contribution in [1.29, 1.82) is 0 Å². The zero-order valence-corrected chi connectivity index (χ0v) is 10.5. The molecule has 0 radical (unpaired) electrons. The number of nitrogens with two attached hydrogens (primary N) is 1. The van der Waals surface area contributed by atoms with Crippen LogP contribution in [0.2, 0.25) is 0 Å². The van der Waals surface area contributed by atoms with E-state index >= 15 is 0 Å². The zero-order chi connectivity index (χ0) is 12.3. The molecule has 0 spiro atoms. The van der Waals surface area contributed by atoms with Crippen molar-refractivity contribution in [3.63, 3.8) is 0 Å². The van der Waals surface area contributed by atoms with Crippen LogP contribution in [0.3, 0.4) is 0 Å². The average Bonchev–Trinajstić information content (AvgIpc) is 2.27. The van der Waals surface area contributed by atoms with Gasteiger partial charge in [0.25, 0.3) is 0 Å². The molecular weight excluding hydrogens is 216 g/mol. The number of methoxy groups -OCH3 is 1. The Morgan fingerprint density at radius 2 is 1.82 bits per heavy atom. The quantitative estimate of drug-likeness (QED) is 0.832. The molecule has 4 heteroatoms. The Kier molecular flexibility index (Phi) is 3.54. The third-order valence-electron chi connectivity index (χ3n) is 2.91. The summed E-state index contributed by atoms with van der Waals surface area (Å²) in [6.07, 6.45) is 0. The van der Waals surface area contributed by atoms with E-state index in [9.17, 15) is 0 Å².